The molecule has 0 radical (unpaired) electrons. The number of nitrogens with one attached hydrogen (secondary N) is 1. The van der Waals surface area contributed by atoms with Gasteiger partial charge in [-0.25, -0.2) is 18.4 Å². The Balaban J connectivity index is 1.67. The summed E-state index contributed by atoms with van der Waals surface area (Å²) in [5, 5.41) is 1.02. The van der Waals surface area contributed by atoms with E-state index in [2.05, 4.69) is 15.0 Å². The lowest BCUT2D eigenvalue weighted by Crippen LogP contribution is -2.28. The third-order valence-electron chi connectivity index (χ3n) is 5.85. The van der Waals surface area contributed by atoms with Crippen LogP contribution in [0.5, 0.6) is 11.5 Å². The number of aromatic nitrogens is 3. The normalized spacial score (nSPS) is 11.3. The van der Waals surface area contributed by atoms with E-state index in [1.165, 1.54) is 44.8 Å². The maximum atomic E-state index is 14.1. The number of nitrogens with zero attached hydrogens (tertiary/aromatic N) is 3. The average Bonchev–Trinajstić information content (AvgIpc) is 2.93. The Labute approximate surface area is 223 Å². The molecule has 1 N–H and O–H groups in total. The summed E-state index contributed by atoms with van der Waals surface area (Å²) in [5.74, 6) is 0.720. The van der Waals surface area contributed by atoms with Crippen molar-refractivity contribution in [3.63, 3.8) is 0 Å². The maximum absolute atomic E-state index is 14.1. The third-order valence-corrected chi connectivity index (χ3v) is 7.85. The van der Waals surface area contributed by atoms with Crippen LogP contribution in [0.1, 0.15) is 0 Å². The van der Waals surface area contributed by atoms with Crippen molar-refractivity contribution in [3.8, 4) is 22.6 Å². The SMILES string of the molecule is COc1cc(-c2ccc(N(c3ncccn3)S(=O)(=O)c3ccc4[nH]c(=O)ccc4c3)c(OC)c2)ccc1Cl. The Kier molecular flexibility index (Phi) is 6.75. The zero-order valence-corrected chi connectivity index (χ0v) is 21.8. The van der Waals surface area contributed by atoms with Crippen LogP contribution in [0.15, 0.2) is 94.9 Å². The van der Waals surface area contributed by atoms with E-state index < -0.39 is 10.0 Å². The van der Waals surface area contributed by atoms with Gasteiger partial charge in [-0.05, 0) is 71.1 Å². The van der Waals surface area contributed by atoms with Gasteiger partial charge in [0.25, 0.3) is 10.0 Å². The number of rotatable bonds is 7. The summed E-state index contributed by atoms with van der Waals surface area (Å²) in [6.45, 7) is 0. The van der Waals surface area contributed by atoms with Gasteiger partial charge >= 0.3 is 0 Å². The highest BCUT2D eigenvalue weighted by Gasteiger charge is 2.31. The third kappa shape index (κ3) is 4.67. The predicted molar refractivity (Wildman–Crippen MR) is 146 cm³/mol. The van der Waals surface area contributed by atoms with Crippen LogP contribution in [0.25, 0.3) is 22.0 Å². The number of hydrogen-bond donors (Lipinski definition) is 1. The molecular weight excluding hydrogens is 528 g/mol. The number of anilines is 2. The van der Waals surface area contributed by atoms with E-state index in [0.29, 0.717) is 21.7 Å². The zero-order chi connectivity index (χ0) is 26.9. The van der Waals surface area contributed by atoms with Crippen molar-refractivity contribution in [2.75, 3.05) is 18.5 Å². The average molecular weight is 549 g/mol. The van der Waals surface area contributed by atoms with Crippen molar-refractivity contribution < 1.29 is 17.9 Å². The lowest BCUT2D eigenvalue weighted by Gasteiger charge is -2.24. The van der Waals surface area contributed by atoms with E-state index in [1.807, 2.05) is 6.07 Å². The van der Waals surface area contributed by atoms with Gasteiger partial charge in [0.15, 0.2) is 0 Å². The van der Waals surface area contributed by atoms with Crippen molar-refractivity contribution >= 4 is 44.2 Å². The van der Waals surface area contributed by atoms with Gasteiger partial charge < -0.3 is 14.5 Å². The van der Waals surface area contributed by atoms with Gasteiger partial charge in [-0.2, -0.15) is 4.31 Å². The standard InChI is InChI=1S/C27H21ClN4O5S/c1-36-24-15-17(4-8-21(24)28)18-5-10-23(25(16-18)37-2)32(27-29-12-3-13-30-27)38(34,35)20-7-9-22-19(14-20)6-11-26(33)31-22/h3-16H,1-2H3,(H,31,33). The molecule has 0 atom stereocenters. The number of sulfonamides is 1. The first-order valence-corrected chi connectivity index (χ1v) is 13.1. The topological polar surface area (TPSA) is 114 Å². The fraction of sp³-hybridized carbons (Fsp3) is 0.0741. The summed E-state index contributed by atoms with van der Waals surface area (Å²) in [6, 6.07) is 19.4. The number of aromatic amines is 1. The van der Waals surface area contributed by atoms with Crippen LogP contribution in [0.4, 0.5) is 11.6 Å². The molecule has 0 bridgehead atoms. The molecule has 9 nitrogen and oxygen atoms in total. The van der Waals surface area contributed by atoms with E-state index in [0.717, 1.165) is 15.4 Å². The monoisotopic (exact) mass is 548 g/mol. The first-order chi connectivity index (χ1) is 18.3. The zero-order valence-electron chi connectivity index (χ0n) is 20.3. The first-order valence-electron chi connectivity index (χ1n) is 11.3. The molecule has 2 heterocycles. The van der Waals surface area contributed by atoms with Crippen LogP contribution in [-0.2, 0) is 10.0 Å². The van der Waals surface area contributed by atoms with Crippen LogP contribution in [-0.4, -0.2) is 37.6 Å². The van der Waals surface area contributed by atoms with Crippen LogP contribution in [0.3, 0.4) is 0 Å². The van der Waals surface area contributed by atoms with Crippen molar-refractivity contribution in [1.82, 2.24) is 15.0 Å². The molecule has 3 aromatic carbocycles. The Morgan fingerprint density at radius 3 is 2.24 bits per heavy atom. The highest BCUT2D eigenvalue weighted by Crippen LogP contribution is 2.40. The van der Waals surface area contributed by atoms with Gasteiger partial charge in [0, 0.05) is 24.0 Å². The van der Waals surface area contributed by atoms with Crippen molar-refractivity contribution in [2.24, 2.45) is 0 Å². The number of ether oxygens (including phenoxy) is 2. The predicted octanol–water partition coefficient (Wildman–Crippen LogP) is 5.18. The second-order valence-electron chi connectivity index (χ2n) is 8.13. The Morgan fingerprint density at radius 1 is 0.842 bits per heavy atom. The van der Waals surface area contributed by atoms with Crippen LogP contribution in [0, 0.1) is 0 Å². The van der Waals surface area contributed by atoms with Gasteiger partial charge in [-0.1, -0.05) is 23.7 Å². The van der Waals surface area contributed by atoms with Gasteiger partial charge in [0.2, 0.25) is 11.5 Å². The van der Waals surface area contributed by atoms with E-state index in [1.54, 1.807) is 48.5 Å². The second kappa shape index (κ2) is 10.2. The molecule has 0 aliphatic carbocycles. The Hall–Kier alpha value is -4.41. The first kappa shape index (κ1) is 25.2. The van der Waals surface area contributed by atoms with Crippen molar-refractivity contribution in [2.45, 2.75) is 4.90 Å². The number of halogens is 1. The molecule has 5 rings (SSSR count). The minimum Gasteiger partial charge on any atom is -0.495 e. The van der Waals surface area contributed by atoms with Crippen molar-refractivity contribution in [1.29, 1.82) is 0 Å². The quantitative estimate of drug-likeness (QED) is 0.298. The fourth-order valence-electron chi connectivity index (χ4n) is 4.00. The highest BCUT2D eigenvalue weighted by atomic mass is 35.5. The molecule has 0 aliphatic rings. The van der Waals surface area contributed by atoms with Crippen molar-refractivity contribution in [3.05, 3.63) is 101 Å². The molecule has 0 fully saturated rings. The van der Waals surface area contributed by atoms with Crippen LogP contribution >= 0.6 is 11.6 Å². The van der Waals surface area contributed by atoms with Gasteiger partial charge in [-0.15, -0.1) is 0 Å². The van der Waals surface area contributed by atoms with Crippen LogP contribution < -0.4 is 19.3 Å². The van der Waals surface area contributed by atoms with E-state index in [4.69, 9.17) is 21.1 Å². The summed E-state index contributed by atoms with van der Waals surface area (Å²) >= 11 is 6.18. The molecule has 2 aromatic heterocycles. The van der Waals surface area contributed by atoms with Gasteiger partial charge in [0.1, 0.15) is 17.2 Å². The second-order valence-corrected chi connectivity index (χ2v) is 10.3. The summed E-state index contributed by atoms with van der Waals surface area (Å²) in [5.41, 5.74) is 1.99. The Morgan fingerprint density at radius 2 is 1.53 bits per heavy atom. The van der Waals surface area contributed by atoms with E-state index in [9.17, 15) is 13.2 Å². The maximum Gasteiger partial charge on any atom is 0.271 e. The molecule has 0 saturated heterocycles. The lowest BCUT2D eigenvalue weighted by molar-refractivity contribution is 0.415. The molecule has 11 heteroatoms. The molecular formula is C27H21ClN4O5S. The number of H-pyrrole nitrogens is 1. The summed E-state index contributed by atoms with van der Waals surface area (Å²) in [7, 11) is -1.25. The number of benzene rings is 3. The lowest BCUT2D eigenvalue weighted by atomic mass is 10.0. The molecule has 0 spiro atoms. The van der Waals surface area contributed by atoms with E-state index in [-0.39, 0.29) is 27.8 Å². The molecule has 38 heavy (non-hydrogen) atoms. The number of methoxy groups -OCH3 is 2. The number of hydrogen-bond acceptors (Lipinski definition) is 7. The Bertz CT molecular complexity index is 1810. The van der Waals surface area contributed by atoms with Gasteiger partial charge in [-0.3, -0.25) is 4.79 Å². The summed E-state index contributed by atoms with van der Waals surface area (Å²) in [6.07, 6.45) is 2.91. The molecule has 0 saturated carbocycles. The molecule has 5 aromatic rings. The molecule has 0 unspecified atom stereocenters. The van der Waals surface area contributed by atoms with Gasteiger partial charge in [0.05, 0.1) is 24.1 Å². The molecule has 0 amide bonds. The summed E-state index contributed by atoms with van der Waals surface area (Å²) < 4.78 is 40.2. The number of pyridine rings is 1. The fourth-order valence-corrected chi connectivity index (χ4v) is 5.64. The van der Waals surface area contributed by atoms with Crippen LogP contribution in [0.2, 0.25) is 5.02 Å². The highest BCUT2D eigenvalue weighted by molar-refractivity contribution is 7.93. The molecule has 192 valence electrons. The molecule has 0 aliphatic heterocycles. The minimum absolute atomic E-state index is 0.0157. The number of fused-ring (bicyclic) bond motifs is 1. The van der Waals surface area contributed by atoms with E-state index >= 15 is 0 Å². The summed E-state index contributed by atoms with van der Waals surface area (Å²) in [4.78, 5) is 22.8. The minimum atomic E-state index is -4.24. The largest absolute Gasteiger partial charge is 0.495 e. The smallest absolute Gasteiger partial charge is 0.271 e.